The third kappa shape index (κ3) is 4.05. The summed E-state index contributed by atoms with van der Waals surface area (Å²) in [6.45, 7) is 2.40. The standard InChI is InChI=1S/C17H19N5O3S/c1-12-6-7-15(24-3)14(9-12)22-17(18-19-20-22)26-11-16(23)21(2)10-13-5-4-8-25-13/h4-9H,10-11H2,1-3H3. The Morgan fingerprint density at radius 2 is 2.23 bits per heavy atom. The lowest BCUT2D eigenvalue weighted by atomic mass is 10.2. The molecule has 0 spiro atoms. The molecule has 0 saturated heterocycles. The van der Waals surface area contributed by atoms with Crippen molar-refractivity contribution < 1.29 is 13.9 Å². The summed E-state index contributed by atoms with van der Waals surface area (Å²) >= 11 is 1.27. The van der Waals surface area contributed by atoms with E-state index in [2.05, 4.69) is 15.5 Å². The van der Waals surface area contributed by atoms with E-state index in [9.17, 15) is 4.79 Å². The number of aryl methyl sites for hydroxylation is 1. The molecule has 0 saturated carbocycles. The quantitative estimate of drug-likeness (QED) is 0.588. The zero-order valence-corrected chi connectivity index (χ0v) is 15.6. The molecule has 0 aliphatic heterocycles. The summed E-state index contributed by atoms with van der Waals surface area (Å²) in [5, 5.41) is 12.3. The van der Waals surface area contributed by atoms with E-state index in [4.69, 9.17) is 9.15 Å². The molecule has 0 bridgehead atoms. The summed E-state index contributed by atoms with van der Waals surface area (Å²) in [6.07, 6.45) is 1.59. The summed E-state index contributed by atoms with van der Waals surface area (Å²) in [7, 11) is 3.33. The predicted molar refractivity (Wildman–Crippen MR) is 96.3 cm³/mol. The van der Waals surface area contributed by atoms with Crippen molar-refractivity contribution in [2.45, 2.75) is 18.6 Å². The molecule has 1 amide bonds. The summed E-state index contributed by atoms with van der Waals surface area (Å²) in [5.74, 6) is 1.56. The number of carbonyl (C=O) groups excluding carboxylic acids is 1. The first kappa shape index (κ1) is 18.0. The van der Waals surface area contributed by atoms with Crippen molar-refractivity contribution in [3.05, 3.63) is 47.9 Å². The van der Waals surface area contributed by atoms with E-state index in [1.165, 1.54) is 11.8 Å². The van der Waals surface area contributed by atoms with Crippen LogP contribution in [0.15, 0.2) is 46.2 Å². The van der Waals surface area contributed by atoms with Gasteiger partial charge in [0.1, 0.15) is 17.2 Å². The first-order chi connectivity index (χ1) is 12.6. The number of hydrogen-bond donors (Lipinski definition) is 0. The Hall–Kier alpha value is -2.81. The number of carbonyl (C=O) groups is 1. The second kappa shape index (κ2) is 8.05. The van der Waals surface area contributed by atoms with Crippen LogP contribution in [0.2, 0.25) is 0 Å². The van der Waals surface area contributed by atoms with Crippen molar-refractivity contribution >= 4 is 17.7 Å². The molecule has 0 aliphatic rings. The fourth-order valence-corrected chi connectivity index (χ4v) is 3.17. The van der Waals surface area contributed by atoms with Gasteiger partial charge in [0.25, 0.3) is 0 Å². The molecule has 0 fully saturated rings. The van der Waals surface area contributed by atoms with E-state index in [0.29, 0.717) is 17.5 Å². The predicted octanol–water partition coefficient (Wildman–Crippen LogP) is 2.32. The van der Waals surface area contributed by atoms with E-state index in [1.54, 1.807) is 36.1 Å². The summed E-state index contributed by atoms with van der Waals surface area (Å²) in [5.41, 5.74) is 1.79. The third-order valence-electron chi connectivity index (χ3n) is 3.73. The number of aromatic nitrogens is 4. The number of tetrazole rings is 1. The lowest BCUT2D eigenvalue weighted by molar-refractivity contribution is -0.127. The average molecular weight is 373 g/mol. The Bertz CT molecular complexity index is 878. The smallest absolute Gasteiger partial charge is 0.233 e. The number of amides is 1. The van der Waals surface area contributed by atoms with Crippen LogP contribution in [0.3, 0.4) is 0 Å². The van der Waals surface area contributed by atoms with Crippen LogP contribution in [0, 0.1) is 6.92 Å². The Morgan fingerprint density at radius 1 is 1.38 bits per heavy atom. The van der Waals surface area contributed by atoms with E-state index in [-0.39, 0.29) is 11.7 Å². The van der Waals surface area contributed by atoms with Gasteiger partial charge in [-0.25, -0.2) is 0 Å². The molecule has 2 aromatic heterocycles. The maximum atomic E-state index is 12.4. The first-order valence-electron chi connectivity index (χ1n) is 7.91. The maximum absolute atomic E-state index is 12.4. The Labute approximate surface area is 155 Å². The van der Waals surface area contributed by atoms with Gasteiger partial charge in [-0.05, 0) is 47.2 Å². The molecular formula is C17H19N5O3S. The molecular weight excluding hydrogens is 354 g/mol. The van der Waals surface area contributed by atoms with Crippen molar-refractivity contribution in [3.8, 4) is 11.4 Å². The largest absolute Gasteiger partial charge is 0.494 e. The fraction of sp³-hybridized carbons (Fsp3) is 0.294. The molecule has 8 nitrogen and oxygen atoms in total. The van der Waals surface area contributed by atoms with Gasteiger partial charge in [-0.15, -0.1) is 5.10 Å². The molecule has 2 heterocycles. The summed E-state index contributed by atoms with van der Waals surface area (Å²) in [6, 6.07) is 9.38. The highest BCUT2D eigenvalue weighted by atomic mass is 32.2. The minimum absolute atomic E-state index is 0.0443. The van der Waals surface area contributed by atoms with Crippen molar-refractivity contribution in [1.82, 2.24) is 25.1 Å². The third-order valence-corrected chi connectivity index (χ3v) is 4.63. The fourth-order valence-electron chi connectivity index (χ4n) is 2.35. The minimum Gasteiger partial charge on any atom is -0.494 e. The second-order valence-corrected chi connectivity index (χ2v) is 6.61. The number of thioether (sulfide) groups is 1. The van der Waals surface area contributed by atoms with Gasteiger partial charge in [0.15, 0.2) is 0 Å². The van der Waals surface area contributed by atoms with Gasteiger partial charge in [0.2, 0.25) is 11.1 Å². The van der Waals surface area contributed by atoms with Crippen LogP contribution in [0.5, 0.6) is 5.75 Å². The Morgan fingerprint density at radius 3 is 2.96 bits per heavy atom. The zero-order valence-electron chi connectivity index (χ0n) is 14.7. The molecule has 0 radical (unpaired) electrons. The van der Waals surface area contributed by atoms with Crippen LogP contribution < -0.4 is 4.74 Å². The summed E-state index contributed by atoms with van der Waals surface area (Å²) in [4.78, 5) is 14.0. The molecule has 0 aliphatic carbocycles. The lowest BCUT2D eigenvalue weighted by Gasteiger charge is -2.15. The van der Waals surface area contributed by atoms with Crippen molar-refractivity contribution in [1.29, 1.82) is 0 Å². The van der Waals surface area contributed by atoms with E-state index in [1.807, 2.05) is 31.2 Å². The normalized spacial score (nSPS) is 10.7. The number of furan rings is 1. The number of rotatable bonds is 7. The number of nitrogens with zero attached hydrogens (tertiary/aromatic N) is 5. The van der Waals surface area contributed by atoms with Gasteiger partial charge in [-0.2, -0.15) is 4.68 Å². The second-order valence-electron chi connectivity index (χ2n) is 5.67. The van der Waals surface area contributed by atoms with Gasteiger partial charge in [-0.1, -0.05) is 17.8 Å². The number of hydrogen-bond acceptors (Lipinski definition) is 7. The molecule has 0 unspecified atom stereocenters. The maximum Gasteiger partial charge on any atom is 0.233 e. The SMILES string of the molecule is COc1ccc(C)cc1-n1nnnc1SCC(=O)N(C)Cc1ccco1. The van der Waals surface area contributed by atoms with E-state index in [0.717, 1.165) is 17.0 Å². The summed E-state index contributed by atoms with van der Waals surface area (Å²) < 4.78 is 12.2. The van der Waals surface area contributed by atoms with Gasteiger partial charge in [0.05, 0.1) is 25.7 Å². The molecule has 0 atom stereocenters. The lowest BCUT2D eigenvalue weighted by Crippen LogP contribution is -2.27. The monoisotopic (exact) mass is 373 g/mol. The van der Waals surface area contributed by atoms with Crippen LogP contribution in [-0.4, -0.2) is 50.9 Å². The van der Waals surface area contributed by atoms with Crippen LogP contribution in [0.4, 0.5) is 0 Å². The van der Waals surface area contributed by atoms with Gasteiger partial charge < -0.3 is 14.1 Å². The topological polar surface area (TPSA) is 86.3 Å². The molecule has 3 aromatic rings. The highest BCUT2D eigenvalue weighted by molar-refractivity contribution is 7.99. The molecule has 3 rings (SSSR count). The Balaban J connectivity index is 1.70. The first-order valence-corrected chi connectivity index (χ1v) is 8.89. The van der Waals surface area contributed by atoms with Gasteiger partial charge >= 0.3 is 0 Å². The van der Waals surface area contributed by atoms with Crippen LogP contribution in [0.25, 0.3) is 5.69 Å². The van der Waals surface area contributed by atoms with Crippen molar-refractivity contribution in [2.75, 3.05) is 19.9 Å². The van der Waals surface area contributed by atoms with Crippen LogP contribution in [0.1, 0.15) is 11.3 Å². The van der Waals surface area contributed by atoms with Gasteiger partial charge in [-0.3, -0.25) is 4.79 Å². The highest BCUT2D eigenvalue weighted by Crippen LogP contribution is 2.27. The van der Waals surface area contributed by atoms with E-state index < -0.39 is 0 Å². The zero-order chi connectivity index (χ0) is 18.5. The van der Waals surface area contributed by atoms with Crippen LogP contribution in [-0.2, 0) is 11.3 Å². The number of methoxy groups -OCH3 is 1. The van der Waals surface area contributed by atoms with Crippen molar-refractivity contribution in [2.24, 2.45) is 0 Å². The number of ether oxygens (including phenoxy) is 1. The van der Waals surface area contributed by atoms with Gasteiger partial charge in [0, 0.05) is 7.05 Å². The Kier molecular flexibility index (Phi) is 5.57. The number of benzene rings is 1. The molecule has 26 heavy (non-hydrogen) atoms. The highest BCUT2D eigenvalue weighted by Gasteiger charge is 2.17. The minimum atomic E-state index is -0.0443. The van der Waals surface area contributed by atoms with Crippen LogP contribution >= 0.6 is 11.8 Å². The molecule has 1 aromatic carbocycles. The molecule has 136 valence electrons. The van der Waals surface area contributed by atoms with Crippen molar-refractivity contribution in [3.63, 3.8) is 0 Å². The average Bonchev–Trinajstić information content (AvgIpc) is 3.31. The molecule has 0 N–H and O–H groups in total. The molecule has 9 heteroatoms. The van der Waals surface area contributed by atoms with E-state index >= 15 is 0 Å².